The highest BCUT2D eigenvalue weighted by Crippen LogP contribution is 2.28. The minimum absolute atomic E-state index is 0.180. The molecule has 1 aromatic carbocycles. The van der Waals surface area contributed by atoms with Crippen molar-refractivity contribution in [3.05, 3.63) is 63.6 Å². The highest BCUT2D eigenvalue weighted by molar-refractivity contribution is 9.10. The zero-order chi connectivity index (χ0) is 19.7. The third-order valence-electron chi connectivity index (χ3n) is 5.09. The quantitative estimate of drug-likeness (QED) is 0.564. The van der Waals surface area contributed by atoms with Crippen molar-refractivity contribution in [1.29, 1.82) is 0 Å². The number of aromatic amines is 1. The predicted molar refractivity (Wildman–Crippen MR) is 108 cm³/mol. The van der Waals surface area contributed by atoms with Crippen LogP contribution in [0.2, 0.25) is 0 Å². The summed E-state index contributed by atoms with van der Waals surface area (Å²) in [5.74, 6) is 0.0371. The second-order valence-corrected chi connectivity index (χ2v) is 7.97. The number of amides is 1. The SMILES string of the molecule is Cc1onc(-c2ccc(Br)cc2)c1C(=O)c1c[nH]c(C(=O)NC2CCCC2)c1. The predicted octanol–water partition coefficient (Wildman–Crippen LogP) is 4.64. The summed E-state index contributed by atoms with van der Waals surface area (Å²) in [5.41, 5.74) is 2.48. The average molecular weight is 442 g/mol. The molecule has 0 unspecified atom stereocenters. The summed E-state index contributed by atoms with van der Waals surface area (Å²) in [6.07, 6.45) is 5.86. The lowest BCUT2D eigenvalue weighted by molar-refractivity contribution is 0.0933. The standard InChI is InChI=1S/C21H20BrN3O3/c1-12-18(19(25-28-12)13-6-8-15(22)9-7-13)20(26)14-10-17(23-11-14)21(27)24-16-4-2-3-5-16/h6-11,16,23H,2-5H2,1H3,(H,24,27). The molecule has 28 heavy (non-hydrogen) atoms. The van der Waals surface area contributed by atoms with Crippen LogP contribution in [0.25, 0.3) is 11.3 Å². The summed E-state index contributed by atoms with van der Waals surface area (Å²) in [6, 6.07) is 9.32. The summed E-state index contributed by atoms with van der Waals surface area (Å²) in [6.45, 7) is 1.71. The molecule has 1 fully saturated rings. The van der Waals surface area contributed by atoms with Crippen LogP contribution in [-0.4, -0.2) is 27.9 Å². The molecule has 1 saturated carbocycles. The van der Waals surface area contributed by atoms with Gasteiger partial charge in [-0.15, -0.1) is 0 Å². The topological polar surface area (TPSA) is 88.0 Å². The van der Waals surface area contributed by atoms with Gasteiger partial charge in [0.1, 0.15) is 17.1 Å². The Morgan fingerprint density at radius 2 is 1.93 bits per heavy atom. The molecule has 2 aromatic heterocycles. The van der Waals surface area contributed by atoms with E-state index in [0.717, 1.165) is 35.7 Å². The number of rotatable bonds is 5. The molecule has 2 heterocycles. The number of benzene rings is 1. The van der Waals surface area contributed by atoms with Gasteiger partial charge < -0.3 is 14.8 Å². The maximum Gasteiger partial charge on any atom is 0.267 e. The van der Waals surface area contributed by atoms with E-state index < -0.39 is 0 Å². The second kappa shape index (κ2) is 7.75. The summed E-state index contributed by atoms with van der Waals surface area (Å²) in [7, 11) is 0. The van der Waals surface area contributed by atoms with Crippen molar-refractivity contribution in [2.75, 3.05) is 0 Å². The Labute approximate surface area is 170 Å². The first-order valence-electron chi connectivity index (χ1n) is 9.29. The molecule has 0 saturated heterocycles. The van der Waals surface area contributed by atoms with Crippen LogP contribution in [0.4, 0.5) is 0 Å². The van der Waals surface area contributed by atoms with Crippen molar-refractivity contribution in [1.82, 2.24) is 15.5 Å². The first kappa shape index (κ1) is 18.7. The monoisotopic (exact) mass is 441 g/mol. The Bertz CT molecular complexity index is 1010. The van der Waals surface area contributed by atoms with Crippen LogP contribution in [-0.2, 0) is 0 Å². The van der Waals surface area contributed by atoms with Crippen LogP contribution in [0.3, 0.4) is 0 Å². The lowest BCUT2D eigenvalue weighted by Gasteiger charge is -2.10. The normalized spacial score (nSPS) is 14.4. The van der Waals surface area contributed by atoms with Crippen molar-refractivity contribution in [2.24, 2.45) is 0 Å². The van der Waals surface area contributed by atoms with Gasteiger partial charge in [0, 0.05) is 27.8 Å². The van der Waals surface area contributed by atoms with E-state index in [4.69, 9.17) is 4.52 Å². The molecule has 7 heteroatoms. The summed E-state index contributed by atoms with van der Waals surface area (Å²) in [4.78, 5) is 28.4. The van der Waals surface area contributed by atoms with Crippen LogP contribution in [0.1, 0.15) is 57.9 Å². The number of nitrogens with zero attached hydrogens (tertiary/aromatic N) is 1. The molecule has 4 rings (SSSR count). The molecule has 0 aliphatic heterocycles. The molecule has 0 radical (unpaired) electrons. The zero-order valence-corrected chi connectivity index (χ0v) is 17.0. The summed E-state index contributed by atoms with van der Waals surface area (Å²) in [5, 5.41) is 7.09. The minimum Gasteiger partial charge on any atom is -0.360 e. The fourth-order valence-electron chi connectivity index (χ4n) is 3.58. The Balaban J connectivity index is 1.59. The number of hydrogen-bond acceptors (Lipinski definition) is 4. The summed E-state index contributed by atoms with van der Waals surface area (Å²) >= 11 is 3.40. The van der Waals surface area contributed by atoms with Gasteiger partial charge in [0.2, 0.25) is 0 Å². The maximum atomic E-state index is 13.1. The van der Waals surface area contributed by atoms with E-state index in [0.29, 0.717) is 28.3 Å². The second-order valence-electron chi connectivity index (χ2n) is 7.06. The van der Waals surface area contributed by atoms with E-state index in [1.54, 1.807) is 19.2 Å². The molecule has 3 aromatic rings. The number of hydrogen-bond donors (Lipinski definition) is 2. The molecule has 144 valence electrons. The van der Waals surface area contributed by atoms with Gasteiger partial charge in [-0.2, -0.15) is 0 Å². The lowest BCUT2D eigenvalue weighted by atomic mass is 9.99. The van der Waals surface area contributed by atoms with Gasteiger partial charge in [-0.1, -0.05) is 46.1 Å². The van der Waals surface area contributed by atoms with E-state index in [2.05, 4.69) is 31.4 Å². The first-order valence-corrected chi connectivity index (χ1v) is 10.1. The minimum atomic E-state index is -0.229. The number of aromatic nitrogens is 2. The molecule has 0 bridgehead atoms. The fraction of sp³-hybridized carbons (Fsp3) is 0.286. The van der Waals surface area contributed by atoms with Crippen molar-refractivity contribution in [2.45, 2.75) is 38.6 Å². The van der Waals surface area contributed by atoms with Crippen molar-refractivity contribution in [3.63, 3.8) is 0 Å². The third kappa shape index (κ3) is 3.67. The number of halogens is 1. The maximum absolute atomic E-state index is 13.1. The van der Waals surface area contributed by atoms with Crippen LogP contribution in [0.5, 0.6) is 0 Å². The van der Waals surface area contributed by atoms with Crippen LogP contribution in [0, 0.1) is 6.92 Å². The summed E-state index contributed by atoms with van der Waals surface area (Å²) < 4.78 is 6.23. The van der Waals surface area contributed by atoms with E-state index in [1.165, 1.54) is 0 Å². The van der Waals surface area contributed by atoms with E-state index in [-0.39, 0.29) is 17.7 Å². The van der Waals surface area contributed by atoms with Crippen LogP contribution < -0.4 is 5.32 Å². The van der Waals surface area contributed by atoms with Gasteiger partial charge in [0.25, 0.3) is 5.91 Å². The molecule has 1 aliphatic rings. The smallest absolute Gasteiger partial charge is 0.267 e. The number of H-pyrrole nitrogens is 1. The molecule has 1 aliphatic carbocycles. The Hall–Kier alpha value is -2.67. The van der Waals surface area contributed by atoms with E-state index >= 15 is 0 Å². The number of nitrogens with one attached hydrogen (secondary N) is 2. The Morgan fingerprint density at radius 3 is 2.64 bits per heavy atom. The number of carbonyl (C=O) groups excluding carboxylic acids is 2. The van der Waals surface area contributed by atoms with Gasteiger partial charge >= 0.3 is 0 Å². The fourth-order valence-corrected chi connectivity index (χ4v) is 3.84. The van der Waals surface area contributed by atoms with Crippen molar-refractivity contribution in [3.8, 4) is 11.3 Å². The lowest BCUT2D eigenvalue weighted by Crippen LogP contribution is -2.32. The van der Waals surface area contributed by atoms with Crippen molar-refractivity contribution >= 4 is 27.6 Å². The van der Waals surface area contributed by atoms with Gasteiger partial charge in [-0.25, -0.2) is 0 Å². The zero-order valence-electron chi connectivity index (χ0n) is 15.4. The highest BCUT2D eigenvalue weighted by Gasteiger charge is 2.25. The number of ketones is 1. The third-order valence-corrected chi connectivity index (χ3v) is 5.62. The Morgan fingerprint density at radius 1 is 1.21 bits per heavy atom. The highest BCUT2D eigenvalue weighted by atomic mass is 79.9. The van der Waals surface area contributed by atoms with Crippen LogP contribution in [0.15, 0.2) is 45.5 Å². The Kier molecular flexibility index (Phi) is 5.17. The molecule has 0 spiro atoms. The molecular weight excluding hydrogens is 422 g/mol. The van der Waals surface area contributed by atoms with Gasteiger partial charge in [-0.05, 0) is 38.0 Å². The van der Waals surface area contributed by atoms with Gasteiger partial charge in [-0.3, -0.25) is 9.59 Å². The van der Waals surface area contributed by atoms with Crippen LogP contribution >= 0.6 is 15.9 Å². The number of aryl methyl sites for hydroxylation is 1. The first-order chi connectivity index (χ1) is 13.5. The van der Waals surface area contributed by atoms with Gasteiger partial charge in [0.15, 0.2) is 5.78 Å². The molecular formula is C21H20BrN3O3. The molecule has 2 N–H and O–H groups in total. The largest absolute Gasteiger partial charge is 0.360 e. The molecule has 0 atom stereocenters. The molecule has 6 nitrogen and oxygen atoms in total. The van der Waals surface area contributed by atoms with E-state index in [9.17, 15) is 9.59 Å². The van der Waals surface area contributed by atoms with Gasteiger partial charge in [0.05, 0.1) is 5.56 Å². The van der Waals surface area contributed by atoms with E-state index in [1.807, 2.05) is 24.3 Å². The van der Waals surface area contributed by atoms with Crippen molar-refractivity contribution < 1.29 is 14.1 Å². The average Bonchev–Trinajstić information content (AvgIpc) is 3.42. The molecule has 1 amide bonds. The number of carbonyl (C=O) groups is 2.